The van der Waals surface area contributed by atoms with E-state index in [9.17, 15) is 4.79 Å². The lowest BCUT2D eigenvalue weighted by atomic mass is 9.97. The van der Waals surface area contributed by atoms with Crippen LogP contribution in [0.1, 0.15) is 62.5 Å². The minimum absolute atomic E-state index is 0.106. The third-order valence-corrected chi connectivity index (χ3v) is 3.32. The Morgan fingerprint density at radius 3 is 2.20 bits per heavy atom. The van der Waals surface area contributed by atoms with Crippen molar-refractivity contribution in [1.29, 1.82) is 0 Å². The Hall–Kier alpha value is -1.06. The zero-order chi connectivity index (χ0) is 15.1. The molecule has 1 N–H and O–H groups in total. The van der Waals surface area contributed by atoms with Gasteiger partial charge in [-0.25, -0.2) is 9.63 Å². The third-order valence-electron chi connectivity index (χ3n) is 3.06. The molecule has 0 aliphatic rings. The second-order valence-corrected chi connectivity index (χ2v) is 5.93. The van der Waals surface area contributed by atoms with Crippen LogP contribution < -0.4 is 4.84 Å². The molecular formula is C16H24ClNO2. The molecule has 112 valence electrons. The molecule has 4 heteroatoms. The van der Waals surface area contributed by atoms with Gasteiger partial charge in [0.15, 0.2) is 0 Å². The van der Waals surface area contributed by atoms with E-state index in [-0.39, 0.29) is 18.1 Å². The molecule has 0 aliphatic carbocycles. The van der Waals surface area contributed by atoms with E-state index in [1.54, 1.807) is 12.1 Å². The number of carbonyl (C=O) groups excluding carboxylic acids is 1. The molecular weight excluding hydrogens is 274 g/mol. The summed E-state index contributed by atoms with van der Waals surface area (Å²) in [6, 6.07) is 7.54. The van der Waals surface area contributed by atoms with Crippen LogP contribution in [-0.4, -0.2) is 12.1 Å². The van der Waals surface area contributed by atoms with E-state index in [4.69, 9.17) is 16.5 Å². The number of carbonyl (C=O) groups is 1. The first-order valence-electron chi connectivity index (χ1n) is 7.11. The van der Waals surface area contributed by atoms with Crippen LogP contribution in [0.4, 0.5) is 0 Å². The number of esters is 1. The first-order valence-corrected chi connectivity index (χ1v) is 7.49. The zero-order valence-electron chi connectivity index (χ0n) is 12.7. The maximum absolute atomic E-state index is 11.8. The maximum atomic E-state index is 11.8. The van der Waals surface area contributed by atoms with E-state index in [2.05, 4.69) is 18.7 Å². The fraction of sp³-hybridized carbons (Fsp3) is 0.562. The van der Waals surface area contributed by atoms with Crippen LogP contribution >= 0.6 is 11.8 Å². The number of halogens is 1. The minimum atomic E-state index is -0.288. The van der Waals surface area contributed by atoms with Crippen LogP contribution in [0.25, 0.3) is 0 Å². The number of hydrogen-bond acceptors (Lipinski definition) is 3. The zero-order valence-corrected chi connectivity index (χ0v) is 13.4. The van der Waals surface area contributed by atoms with Gasteiger partial charge in [-0.2, -0.15) is 0 Å². The maximum Gasteiger partial charge on any atom is 0.338 e. The SMILES string of the molecule is CC(C)CC[C@@H](NCl)c1ccc(C(=O)OC(C)C)cc1. The normalized spacial score (nSPS) is 12.8. The average Bonchev–Trinajstić information content (AvgIpc) is 2.39. The van der Waals surface area contributed by atoms with Gasteiger partial charge in [0, 0.05) is 6.04 Å². The molecule has 0 saturated carbocycles. The van der Waals surface area contributed by atoms with Crippen LogP contribution in [0.15, 0.2) is 24.3 Å². The Morgan fingerprint density at radius 1 is 1.15 bits per heavy atom. The molecule has 0 saturated heterocycles. The van der Waals surface area contributed by atoms with Crippen LogP contribution in [0.3, 0.4) is 0 Å². The number of rotatable bonds is 7. The fourth-order valence-electron chi connectivity index (χ4n) is 1.92. The predicted octanol–water partition coefficient (Wildman–Crippen LogP) is 4.47. The summed E-state index contributed by atoms with van der Waals surface area (Å²) in [7, 11) is 0. The van der Waals surface area contributed by atoms with Crippen molar-refractivity contribution in [3.63, 3.8) is 0 Å². The van der Waals surface area contributed by atoms with Crippen molar-refractivity contribution in [2.24, 2.45) is 5.92 Å². The second-order valence-electron chi connectivity index (χ2n) is 5.71. The lowest BCUT2D eigenvalue weighted by Crippen LogP contribution is -2.14. The largest absolute Gasteiger partial charge is 0.459 e. The highest BCUT2D eigenvalue weighted by molar-refractivity contribution is 6.13. The van der Waals surface area contributed by atoms with E-state index in [0.717, 1.165) is 18.4 Å². The first kappa shape index (κ1) is 17.0. The van der Waals surface area contributed by atoms with E-state index in [1.165, 1.54) is 0 Å². The molecule has 1 aromatic rings. The Balaban J connectivity index is 2.71. The van der Waals surface area contributed by atoms with Crippen molar-refractivity contribution in [1.82, 2.24) is 4.84 Å². The molecule has 20 heavy (non-hydrogen) atoms. The molecule has 0 spiro atoms. The summed E-state index contributed by atoms with van der Waals surface area (Å²) >= 11 is 5.82. The van der Waals surface area contributed by atoms with Crippen molar-refractivity contribution in [2.75, 3.05) is 0 Å². The molecule has 3 nitrogen and oxygen atoms in total. The van der Waals surface area contributed by atoms with Gasteiger partial charge in [-0.15, -0.1) is 0 Å². The molecule has 0 heterocycles. The van der Waals surface area contributed by atoms with E-state index >= 15 is 0 Å². The molecule has 0 unspecified atom stereocenters. The molecule has 0 aliphatic heterocycles. The minimum Gasteiger partial charge on any atom is -0.459 e. The number of benzene rings is 1. The molecule has 0 amide bonds. The van der Waals surface area contributed by atoms with Gasteiger partial charge < -0.3 is 4.74 Å². The summed E-state index contributed by atoms with van der Waals surface area (Å²) in [6.07, 6.45) is 1.96. The van der Waals surface area contributed by atoms with Crippen molar-refractivity contribution in [2.45, 2.75) is 52.7 Å². The van der Waals surface area contributed by atoms with Gasteiger partial charge in [-0.1, -0.05) is 26.0 Å². The van der Waals surface area contributed by atoms with Crippen LogP contribution in [0.2, 0.25) is 0 Å². The van der Waals surface area contributed by atoms with Gasteiger partial charge >= 0.3 is 5.97 Å². The lowest BCUT2D eigenvalue weighted by Gasteiger charge is -2.16. The highest BCUT2D eigenvalue weighted by atomic mass is 35.5. The molecule has 1 aromatic carbocycles. The molecule has 1 atom stereocenters. The summed E-state index contributed by atoms with van der Waals surface area (Å²) < 4.78 is 5.16. The van der Waals surface area contributed by atoms with Crippen molar-refractivity contribution < 1.29 is 9.53 Å². The first-order chi connectivity index (χ1) is 9.43. The van der Waals surface area contributed by atoms with Crippen molar-refractivity contribution >= 4 is 17.7 Å². The predicted molar refractivity (Wildman–Crippen MR) is 82.8 cm³/mol. The lowest BCUT2D eigenvalue weighted by molar-refractivity contribution is 0.0378. The van der Waals surface area contributed by atoms with Gasteiger partial charge in [0.25, 0.3) is 0 Å². The monoisotopic (exact) mass is 297 g/mol. The second kappa shape index (κ2) is 8.28. The highest BCUT2D eigenvalue weighted by Crippen LogP contribution is 2.22. The van der Waals surface area contributed by atoms with E-state index in [0.29, 0.717) is 11.5 Å². The van der Waals surface area contributed by atoms with Gasteiger partial charge in [-0.05, 0) is 62.1 Å². The van der Waals surface area contributed by atoms with Gasteiger partial charge in [0.05, 0.1) is 11.7 Å². The van der Waals surface area contributed by atoms with Crippen molar-refractivity contribution in [3.8, 4) is 0 Å². The van der Waals surface area contributed by atoms with E-state index < -0.39 is 0 Å². The van der Waals surface area contributed by atoms with Gasteiger partial charge in [-0.3, -0.25) is 0 Å². The fourth-order valence-corrected chi connectivity index (χ4v) is 2.15. The standard InChI is InChI=1S/C16H24ClNO2/c1-11(2)5-10-15(18-17)13-6-8-14(9-7-13)16(19)20-12(3)4/h6-9,11-12,15,18H,5,10H2,1-4H3/t15-/m1/s1. The van der Waals surface area contributed by atoms with Crippen molar-refractivity contribution in [3.05, 3.63) is 35.4 Å². The Morgan fingerprint density at radius 2 is 1.75 bits per heavy atom. The smallest absolute Gasteiger partial charge is 0.338 e. The summed E-state index contributed by atoms with van der Waals surface area (Å²) in [4.78, 5) is 14.6. The van der Waals surface area contributed by atoms with Gasteiger partial charge in [0.1, 0.15) is 0 Å². The molecule has 1 rings (SSSR count). The molecule has 0 radical (unpaired) electrons. The summed E-state index contributed by atoms with van der Waals surface area (Å²) in [5.41, 5.74) is 1.65. The summed E-state index contributed by atoms with van der Waals surface area (Å²) in [6.45, 7) is 8.06. The quantitative estimate of drug-likeness (QED) is 0.596. The highest BCUT2D eigenvalue weighted by Gasteiger charge is 2.13. The molecule has 0 fully saturated rings. The summed E-state index contributed by atoms with van der Waals surface area (Å²) in [5, 5.41) is 0. The average molecular weight is 298 g/mol. The van der Waals surface area contributed by atoms with Crippen LogP contribution in [0.5, 0.6) is 0 Å². The topological polar surface area (TPSA) is 38.3 Å². The molecule has 0 bridgehead atoms. The van der Waals surface area contributed by atoms with Crippen LogP contribution in [0, 0.1) is 5.92 Å². The third kappa shape index (κ3) is 5.51. The van der Waals surface area contributed by atoms with Crippen LogP contribution in [-0.2, 0) is 4.74 Å². The Bertz CT molecular complexity index is 415. The number of hydrogen-bond donors (Lipinski definition) is 1. The van der Waals surface area contributed by atoms with E-state index in [1.807, 2.05) is 26.0 Å². The molecule has 0 aromatic heterocycles. The van der Waals surface area contributed by atoms with Gasteiger partial charge in [0.2, 0.25) is 0 Å². The Kier molecular flexibility index (Phi) is 7.03. The summed E-state index contributed by atoms with van der Waals surface area (Å²) in [5.74, 6) is 0.354. The number of nitrogens with one attached hydrogen (secondary N) is 1. The number of ether oxygens (including phenoxy) is 1. The Labute approximate surface area is 126 Å².